The van der Waals surface area contributed by atoms with Gasteiger partial charge in [0.15, 0.2) is 0 Å². The van der Waals surface area contributed by atoms with Crippen LogP contribution in [0.5, 0.6) is 0 Å². The molecule has 1 aromatic rings. The SMILES string of the molecule is CC(C)(C)OC(=O)NC1CC(NCC(O)COCC2CC2)c2ccccc21. The van der Waals surface area contributed by atoms with E-state index in [4.69, 9.17) is 9.47 Å². The second-order valence-electron chi connectivity index (χ2n) is 8.66. The smallest absolute Gasteiger partial charge is 0.408 e. The maximum Gasteiger partial charge on any atom is 0.408 e. The fourth-order valence-electron chi connectivity index (χ4n) is 3.41. The number of benzene rings is 1. The minimum atomic E-state index is -0.534. The molecule has 0 spiro atoms. The molecule has 27 heavy (non-hydrogen) atoms. The van der Waals surface area contributed by atoms with Crippen LogP contribution in [0.25, 0.3) is 0 Å². The Labute approximate surface area is 161 Å². The minimum Gasteiger partial charge on any atom is -0.444 e. The average Bonchev–Trinajstić information content (AvgIpc) is 3.34. The van der Waals surface area contributed by atoms with E-state index in [-0.39, 0.29) is 12.1 Å². The predicted octanol–water partition coefficient (Wildman–Crippen LogP) is 3.07. The highest BCUT2D eigenvalue weighted by Crippen LogP contribution is 2.38. The van der Waals surface area contributed by atoms with Crippen molar-refractivity contribution in [2.75, 3.05) is 19.8 Å². The van der Waals surface area contributed by atoms with Crippen LogP contribution in [0.2, 0.25) is 0 Å². The number of aliphatic hydroxyl groups excluding tert-OH is 1. The number of carbonyl (C=O) groups is 1. The minimum absolute atomic E-state index is 0.0826. The highest BCUT2D eigenvalue weighted by molar-refractivity contribution is 5.68. The van der Waals surface area contributed by atoms with Gasteiger partial charge in [-0.2, -0.15) is 0 Å². The fraction of sp³-hybridized carbons (Fsp3) is 0.667. The van der Waals surface area contributed by atoms with Gasteiger partial charge in [0.2, 0.25) is 0 Å². The van der Waals surface area contributed by atoms with Crippen LogP contribution in [-0.2, 0) is 9.47 Å². The third-order valence-electron chi connectivity index (χ3n) is 4.87. The molecule has 0 radical (unpaired) electrons. The van der Waals surface area contributed by atoms with E-state index in [1.807, 2.05) is 39.0 Å². The number of ether oxygens (including phenoxy) is 2. The summed E-state index contributed by atoms with van der Waals surface area (Å²) in [5.74, 6) is 0.701. The number of aliphatic hydroxyl groups is 1. The van der Waals surface area contributed by atoms with Crippen LogP contribution in [0, 0.1) is 5.92 Å². The van der Waals surface area contributed by atoms with Crippen LogP contribution in [0.15, 0.2) is 24.3 Å². The lowest BCUT2D eigenvalue weighted by molar-refractivity contribution is 0.0310. The molecule has 3 unspecified atom stereocenters. The molecule has 1 amide bonds. The van der Waals surface area contributed by atoms with Gasteiger partial charge < -0.3 is 25.2 Å². The summed E-state index contributed by atoms with van der Waals surface area (Å²) in [6.45, 7) is 7.14. The van der Waals surface area contributed by atoms with Crippen molar-refractivity contribution in [3.8, 4) is 0 Å². The molecule has 1 fully saturated rings. The van der Waals surface area contributed by atoms with Crippen molar-refractivity contribution >= 4 is 6.09 Å². The molecule has 0 heterocycles. The summed E-state index contributed by atoms with van der Waals surface area (Å²) in [6.07, 6.45) is 2.29. The van der Waals surface area contributed by atoms with Crippen LogP contribution in [0.3, 0.4) is 0 Å². The maximum atomic E-state index is 12.2. The van der Waals surface area contributed by atoms with Crippen molar-refractivity contribution < 1.29 is 19.4 Å². The molecule has 6 heteroatoms. The molecular formula is C21H32N2O4. The van der Waals surface area contributed by atoms with Gasteiger partial charge >= 0.3 is 6.09 Å². The van der Waals surface area contributed by atoms with Gasteiger partial charge in [0.05, 0.1) is 18.8 Å². The predicted molar refractivity (Wildman–Crippen MR) is 103 cm³/mol. The standard InChI is InChI=1S/C21H32N2O4/c1-21(2,3)27-20(25)23-19-10-18(16-6-4-5-7-17(16)19)22-11-15(24)13-26-12-14-8-9-14/h4-7,14-15,18-19,22,24H,8-13H2,1-3H3,(H,23,25). The normalized spacial score (nSPS) is 23.0. The molecule has 3 N–H and O–H groups in total. The van der Waals surface area contributed by atoms with E-state index in [0.717, 1.165) is 24.2 Å². The summed E-state index contributed by atoms with van der Waals surface area (Å²) in [7, 11) is 0. The number of nitrogens with one attached hydrogen (secondary N) is 2. The summed E-state index contributed by atoms with van der Waals surface area (Å²) in [5.41, 5.74) is 1.73. The molecule has 3 atom stereocenters. The Balaban J connectivity index is 1.51. The topological polar surface area (TPSA) is 79.8 Å². The first-order chi connectivity index (χ1) is 12.8. The first-order valence-electron chi connectivity index (χ1n) is 9.89. The van der Waals surface area contributed by atoms with Crippen LogP contribution >= 0.6 is 0 Å². The maximum absolute atomic E-state index is 12.2. The Bertz CT molecular complexity index is 639. The van der Waals surface area contributed by atoms with E-state index >= 15 is 0 Å². The largest absolute Gasteiger partial charge is 0.444 e. The molecule has 0 aliphatic heterocycles. The Morgan fingerprint density at radius 1 is 1.22 bits per heavy atom. The Hall–Kier alpha value is -1.63. The summed E-state index contributed by atoms with van der Waals surface area (Å²) in [5, 5.41) is 16.5. The van der Waals surface area contributed by atoms with Crippen LogP contribution in [-0.4, -0.2) is 42.7 Å². The van der Waals surface area contributed by atoms with Crippen molar-refractivity contribution in [2.45, 2.75) is 63.8 Å². The van der Waals surface area contributed by atoms with E-state index in [1.54, 1.807) is 0 Å². The van der Waals surface area contributed by atoms with E-state index in [1.165, 1.54) is 12.8 Å². The fourth-order valence-corrected chi connectivity index (χ4v) is 3.41. The zero-order valence-corrected chi connectivity index (χ0v) is 16.5. The quantitative estimate of drug-likeness (QED) is 0.650. The summed E-state index contributed by atoms with van der Waals surface area (Å²) >= 11 is 0. The van der Waals surface area contributed by atoms with Gasteiger partial charge in [-0.3, -0.25) is 0 Å². The number of alkyl carbamates (subject to hydrolysis) is 1. The number of hydrogen-bond donors (Lipinski definition) is 3. The van der Waals surface area contributed by atoms with Crippen molar-refractivity contribution in [2.24, 2.45) is 5.92 Å². The van der Waals surface area contributed by atoms with Crippen LogP contribution < -0.4 is 10.6 Å². The number of fused-ring (bicyclic) bond motifs is 1. The molecular weight excluding hydrogens is 344 g/mol. The second-order valence-corrected chi connectivity index (χ2v) is 8.66. The Morgan fingerprint density at radius 3 is 2.52 bits per heavy atom. The first-order valence-corrected chi connectivity index (χ1v) is 9.89. The molecule has 1 aromatic carbocycles. The second kappa shape index (κ2) is 8.59. The lowest BCUT2D eigenvalue weighted by Crippen LogP contribution is -2.35. The van der Waals surface area contributed by atoms with Gasteiger partial charge in [-0.25, -0.2) is 4.79 Å². The van der Waals surface area contributed by atoms with E-state index in [9.17, 15) is 9.90 Å². The Morgan fingerprint density at radius 2 is 1.89 bits per heavy atom. The van der Waals surface area contributed by atoms with Crippen molar-refractivity contribution in [1.82, 2.24) is 10.6 Å². The highest BCUT2D eigenvalue weighted by atomic mass is 16.6. The number of carbonyl (C=O) groups excluding carboxylic acids is 1. The van der Waals surface area contributed by atoms with Gasteiger partial charge in [0.1, 0.15) is 5.60 Å². The molecule has 2 aliphatic rings. The van der Waals surface area contributed by atoms with Crippen LogP contribution in [0.4, 0.5) is 4.79 Å². The summed E-state index contributed by atoms with van der Waals surface area (Å²) in [4.78, 5) is 12.2. The van der Waals surface area contributed by atoms with Crippen molar-refractivity contribution in [3.05, 3.63) is 35.4 Å². The zero-order valence-electron chi connectivity index (χ0n) is 16.5. The van der Waals surface area contributed by atoms with Gasteiger partial charge in [-0.05, 0) is 57.1 Å². The van der Waals surface area contributed by atoms with E-state index in [0.29, 0.717) is 19.1 Å². The number of hydrogen-bond acceptors (Lipinski definition) is 5. The third-order valence-corrected chi connectivity index (χ3v) is 4.87. The number of amides is 1. The van der Waals surface area contributed by atoms with Gasteiger partial charge in [-0.15, -0.1) is 0 Å². The molecule has 0 aromatic heterocycles. The lowest BCUT2D eigenvalue weighted by Gasteiger charge is -2.22. The van der Waals surface area contributed by atoms with E-state index < -0.39 is 17.8 Å². The third kappa shape index (κ3) is 6.19. The van der Waals surface area contributed by atoms with Gasteiger partial charge in [-0.1, -0.05) is 24.3 Å². The number of rotatable bonds is 8. The molecule has 2 aliphatic carbocycles. The molecule has 6 nitrogen and oxygen atoms in total. The summed E-state index contributed by atoms with van der Waals surface area (Å²) < 4.78 is 11.0. The van der Waals surface area contributed by atoms with Crippen LogP contribution in [0.1, 0.15) is 63.2 Å². The average molecular weight is 376 g/mol. The monoisotopic (exact) mass is 376 g/mol. The molecule has 150 valence electrons. The van der Waals surface area contributed by atoms with Crippen molar-refractivity contribution in [3.63, 3.8) is 0 Å². The summed E-state index contributed by atoms with van der Waals surface area (Å²) in [6, 6.07) is 8.06. The zero-order chi connectivity index (χ0) is 19.4. The molecule has 1 saturated carbocycles. The van der Waals surface area contributed by atoms with Gasteiger partial charge in [0, 0.05) is 19.2 Å². The highest BCUT2D eigenvalue weighted by Gasteiger charge is 2.32. The first kappa shape index (κ1) is 20.1. The van der Waals surface area contributed by atoms with Gasteiger partial charge in [0.25, 0.3) is 0 Å². The molecule has 3 rings (SSSR count). The lowest BCUT2D eigenvalue weighted by atomic mass is 10.1. The Kier molecular flexibility index (Phi) is 6.40. The molecule has 0 saturated heterocycles. The van der Waals surface area contributed by atoms with Crippen molar-refractivity contribution in [1.29, 1.82) is 0 Å². The van der Waals surface area contributed by atoms with E-state index in [2.05, 4.69) is 16.7 Å². The molecule has 0 bridgehead atoms.